The summed E-state index contributed by atoms with van der Waals surface area (Å²) in [6.07, 6.45) is 4.03. The van der Waals surface area contributed by atoms with Crippen LogP contribution in [-0.2, 0) is 0 Å². The average molecular weight is 241 g/mol. The lowest BCUT2D eigenvalue weighted by atomic mass is 9.99. The van der Waals surface area contributed by atoms with Gasteiger partial charge >= 0.3 is 0 Å². The Morgan fingerprint density at radius 1 is 1.11 bits per heavy atom. The lowest BCUT2D eigenvalue weighted by Gasteiger charge is -2.33. The standard InChI is InChI=1S/C15H19N3/c1-12-3-5-13(6-4-12)14-11-16-15(17-14)7-9-18(2)10-8-15/h3-6,11H,7-10H2,1-2H3. The van der Waals surface area contributed by atoms with Crippen LogP contribution in [0.15, 0.2) is 34.3 Å². The van der Waals surface area contributed by atoms with Gasteiger partial charge in [-0.05, 0) is 14.0 Å². The lowest BCUT2D eigenvalue weighted by Crippen LogP contribution is -2.39. The van der Waals surface area contributed by atoms with E-state index < -0.39 is 0 Å². The van der Waals surface area contributed by atoms with Crippen molar-refractivity contribution in [3.8, 4) is 0 Å². The number of benzene rings is 1. The van der Waals surface area contributed by atoms with Gasteiger partial charge in [-0.25, -0.2) is 0 Å². The first-order chi connectivity index (χ1) is 8.67. The number of rotatable bonds is 1. The molecular weight excluding hydrogens is 222 g/mol. The number of hydrogen-bond acceptors (Lipinski definition) is 3. The van der Waals surface area contributed by atoms with Gasteiger partial charge in [0.25, 0.3) is 0 Å². The van der Waals surface area contributed by atoms with Crippen molar-refractivity contribution in [2.75, 3.05) is 20.1 Å². The lowest BCUT2D eigenvalue weighted by molar-refractivity contribution is 0.201. The molecule has 0 saturated carbocycles. The molecule has 3 rings (SSSR count). The summed E-state index contributed by atoms with van der Waals surface area (Å²) < 4.78 is 0. The Balaban J connectivity index is 1.84. The topological polar surface area (TPSA) is 28.0 Å². The van der Waals surface area contributed by atoms with E-state index in [0.717, 1.165) is 31.6 Å². The zero-order valence-electron chi connectivity index (χ0n) is 11.1. The van der Waals surface area contributed by atoms with Crippen molar-refractivity contribution >= 4 is 11.9 Å². The Bertz CT molecular complexity index is 491. The molecule has 18 heavy (non-hydrogen) atoms. The molecule has 0 bridgehead atoms. The van der Waals surface area contributed by atoms with E-state index in [0.29, 0.717) is 0 Å². The summed E-state index contributed by atoms with van der Waals surface area (Å²) >= 11 is 0. The minimum absolute atomic E-state index is 0.160. The third-order valence-electron chi connectivity index (χ3n) is 3.89. The third kappa shape index (κ3) is 2.10. The molecule has 1 fully saturated rings. The highest BCUT2D eigenvalue weighted by molar-refractivity contribution is 6.39. The second-order valence-corrected chi connectivity index (χ2v) is 5.41. The maximum atomic E-state index is 4.88. The number of aryl methyl sites for hydroxylation is 1. The number of nitrogens with zero attached hydrogens (tertiary/aromatic N) is 3. The molecular formula is C15H19N3. The maximum Gasteiger partial charge on any atom is 0.153 e. The van der Waals surface area contributed by atoms with Gasteiger partial charge in [-0.3, -0.25) is 9.98 Å². The largest absolute Gasteiger partial charge is 0.306 e. The first-order valence-corrected chi connectivity index (χ1v) is 6.58. The van der Waals surface area contributed by atoms with E-state index in [1.165, 1.54) is 11.1 Å². The molecule has 3 nitrogen and oxygen atoms in total. The summed E-state index contributed by atoms with van der Waals surface area (Å²) in [5.41, 5.74) is 3.34. The highest BCUT2D eigenvalue weighted by Gasteiger charge is 2.35. The molecule has 2 heterocycles. The first-order valence-electron chi connectivity index (χ1n) is 6.58. The van der Waals surface area contributed by atoms with E-state index in [2.05, 4.69) is 48.1 Å². The summed E-state index contributed by atoms with van der Waals surface area (Å²) in [6, 6.07) is 8.53. The van der Waals surface area contributed by atoms with Crippen LogP contribution < -0.4 is 0 Å². The van der Waals surface area contributed by atoms with Gasteiger partial charge in [0.05, 0.1) is 11.9 Å². The van der Waals surface area contributed by atoms with Crippen molar-refractivity contribution in [2.45, 2.75) is 25.4 Å². The molecule has 94 valence electrons. The molecule has 1 saturated heterocycles. The predicted octanol–water partition coefficient (Wildman–Crippen LogP) is 2.29. The van der Waals surface area contributed by atoms with Crippen molar-refractivity contribution in [1.82, 2.24) is 4.90 Å². The molecule has 0 amide bonds. The van der Waals surface area contributed by atoms with Crippen LogP contribution in [0.4, 0.5) is 0 Å². The van der Waals surface area contributed by atoms with Crippen LogP contribution in [0.2, 0.25) is 0 Å². The average Bonchev–Trinajstić information content (AvgIpc) is 2.79. The van der Waals surface area contributed by atoms with Gasteiger partial charge in [0.2, 0.25) is 0 Å². The van der Waals surface area contributed by atoms with E-state index in [1.54, 1.807) is 0 Å². The van der Waals surface area contributed by atoms with Gasteiger partial charge in [0.1, 0.15) is 0 Å². The molecule has 3 heteroatoms. The van der Waals surface area contributed by atoms with Crippen LogP contribution in [0.1, 0.15) is 24.0 Å². The number of likely N-dealkylation sites (tertiary alicyclic amines) is 1. The number of hydrogen-bond donors (Lipinski definition) is 0. The molecule has 2 aliphatic heterocycles. The van der Waals surface area contributed by atoms with Crippen LogP contribution in [0, 0.1) is 6.92 Å². The van der Waals surface area contributed by atoms with Crippen molar-refractivity contribution in [1.29, 1.82) is 0 Å². The summed E-state index contributed by atoms with van der Waals surface area (Å²) in [7, 11) is 2.16. The highest BCUT2D eigenvalue weighted by Crippen LogP contribution is 2.30. The summed E-state index contributed by atoms with van der Waals surface area (Å²) in [4.78, 5) is 11.9. The second-order valence-electron chi connectivity index (χ2n) is 5.41. The first kappa shape index (κ1) is 11.6. The molecule has 1 aromatic rings. The normalized spacial score (nSPS) is 22.4. The Morgan fingerprint density at radius 3 is 2.44 bits per heavy atom. The highest BCUT2D eigenvalue weighted by atomic mass is 15.2. The SMILES string of the molecule is Cc1ccc(C2=NC3(CCN(C)CC3)N=C2)cc1. The maximum absolute atomic E-state index is 4.88. The molecule has 1 aromatic carbocycles. The van der Waals surface area contributed by atoms with E-state index in [1.807, 2.05) is 6.21 Å². The molecule has 2 aliphatic rings. The molecule has 0 N–H and O–H groups in total. The van der Waals surface area contributed by atoms with Gasteiger partial charge in [0, 0.05) is 31.5 Å². The quantitative estimate of drug-likeness (QED) is 0.741. The minimum atomic E-state index is -0.160. The van der Waals surface area contributed by atoms with Crippen molar-refractivity contribution in [3.05, 3.63) is 35.4 Å². The van der Waals surface area contributed by atoms with E-state index in [9.17, 15) is 0 Å². The summed E-state index contributed by atoms with van der Waals surface area (Å²) in [5, 5.41) is 0. The third-order valence-corrected chi connectivity index (χ3v) is 3.89. The van der Waals surface area contributed by atoms with Crippen LogP contribution >= 0.6 is 0 Å². The molecule has 0 unspecified atom stereocenters. The molecule has 0 aliphatic carbocycles. The van der Waals surface area contributed by atoms with Gasteiger partial charge in [-0.15, -0.1) is 0 Å². The predicted molar refractivity (Wildman–Crippen MR) is 75.7 cm³/mol. The van der Waals surface area contributed by atoms with Gasteiger partial charge in [-0.1, -0.05) is 29.8 Å². The van der Waals surface area contributed by atoms with E-state index in [-0.39, 0.29) is 5.66 Å². The number of piperidine rings is 1. The second kappa shape index (κ2) is 4.32. The molecule has 0 radical (unpaired) electrons. The summed E-state index contributed by atoms with van der Waals surface area (Å²) in [5.74, 6) is 0. The van der Waals surface area contributed by atoms with Gasteiger partial charge < -0.3 is 4.90 Å². The Labute approximate surface area is 108 Å². The van der Waals surface area contributed by atoms with Gasteiger partial charge in [-0.2, -0.15) is 0 Å². The van der Waals surface area contributed by atoms with Crippen LogP contribution in [0.25, 0.3) is 0 Å². The Kier molecular flexibility index (Phi) is 2.78. The Hall–Kier alpha value is -1.48. The molecule has 0 aromatic heterocycles. The Morgan fingerprint density at radius 2 is 1.78 bits per heavy atom. The zero-order valence-corrected chi connectivity index (χ0v) is 11.1. The van der Waals surface area contributed by atoms with Gasteiger partial charge in [0.15, 0.2) is 5.66 Å². The van der Waals surface area contributed by atoms with Crippen molar-refractivity contribution in [2.24, 2.45) is 9.98 Å². The number of aliphatic imine (C=N–C) groups is 2. The van der Waals surface area contributed by atoms with Crippen LogP contribution in [-0.4, -0.2) is 42.6 Å². The van der Waals surface area contributed by atoms with Crippen LogP contribution in [0.5, 0.6) is 0 Å². The van der Waals surface area contributed by atoms with Crippen molar-refractivity contribution < 1.29 is 0 Å². The smallest absolute Gasteiger partial charge is 0.153 e. The molecule has 0 atom stereocenters. The molecule has 1 spiro atoms. The minimum Gasteiger partial charge on any atom is -0.306 e. The van der Waals surface area contributed by atoms with Crippen LogP contribution in [0.3, 0.4) is 0 Å². The zero-order chi connectivity index (χ0) is 12.6. The summed E-state index contributed by atoms with van der Waals surface area (Å²) in [6.45, 7) is 4.27. The fraction of sp³-hybridized carbons (Fsp3) is 0.467. The van der Waals surface area contributed by atoms with Crippen molar-refractivity contribution in [3.63, 3.8) is 0 Å². The fourth-order valence-electron chi connectivity index (χ4n) is 2.54. The van der Waals surface area contributed by atoms with E-state index >= 15 is 0 Å². The monoisotopic (exact) mass is 241 g/mol. The fourth-order valence-corrected chi connectivity index (χ4v) is 2.54. The van der Waals surface area contributed by atoms with E-state index in [4.69, 9.17) is 4.99 Å².